The topological polar surface area (TPSA) is 52.4 Å². The highest BCUT2D eigenvalue weighted by atomic mass is 79.9. The lowest BCUT2D eigenvalue weighted by Crippen LogP contribution is -2.27. The van der Waals surface area contributed by atoms with E-state index >= 15 is 0 Å². The Morgan fingerprint density at radius 3 is 2.63 bits per heavy atom. The molecule has 4 nitrogen and oxygen atoms in total. The van der Waals surface area contributed by atoms with Gasteiger partial charge in [0.2, 0.25) is 0 Å². The number of nitro benzene ring substituents is 1. The van der Waals surface area contributed by atoms with Gasteiger partial charge in [-0.15, -0.1) is 0 Å². The zero-order valence-corrected chi connectivity index (χ0v) is 13.6. The largest absolute Gasteiger partial charge is 0.486 e. The number of hydrogen-bond acceptors (Lipinski definition) is 3. The normalized spacial score (nSPS) is 17.4. The second kappa shape index (κ2) is 6.22. The van der Waals surface area contributed by atoms with Gasteiger partial charge in [0.25, 0.3) is 0 Å². The lowest BCUT2D eigenvalue weighted by molar-refractivity contribution is -0.386. The van der Waals surface area contributed by atoms with Crippen LogP contribution in [0.3, 0.4) is 0 Å². The molecule has 1 aliphatic rings. The maximum Gasteiger partial charge on any atom is 0.312 e. The van der Waals surface area contributed by atoms with Crippen LogP contribution in [0.25, 0.3) is 0 Å². The van der Waals surface area contributed by atoms with Crippen LogP contribution in [-0.2, 0) is 0 Å². The maximum absolute atomic E-state index is 11.0. The van der Waals surface area contributed by atoms with Crippen LogP contribution in [0.15, 0.2) is 22.7 Å². The molecule has 0 amide bonds. The third-order valence-electron chi connectivity index (χ3n) is 3.60. The fourth-order valence-corrected chi connectivity index (χ4v) is 3.50. The summed E-state index contributed by atoms with van der Waals surface area (Å²) < 4.78 is 6.42. The molecule has 0 spiro atoms. The molecular weight excluding hydrogens is 378 g/mol. The van der Waals surface area contributed by atoms with Gasteiger partial charge in [0.15, 0.2) is 5.75 Å². The number of halogens is 2. The quantitative estimate of drug-likeness (QED) is 0.414. The van der Waals surface area contributed by atoms with Crippen LogP contribution < -0.4 is 4.74 Å². The van der Waals surface area contributed by atoms with Crippen molar-refractivity contribution in [2.75, 3.05) is 11.9 Å². The van der Waals surface area contributed by atoms with Crippen LogP contribution in [0.1, 0.15) is 25.7 Å². The third-order valence-corrected chi connectivity index (χ3v) is 5.28. The molecule has 1 saturated carbocycles. The predicted molar refractivity (Wildman–Crippen MR) is 81.0 cm³/mol. The van der Waals surface area contributed by atoms with Gasteiger partial charge in [-0.2, -0.15) is 0 Å². The summed E-state index contributed by atoms with van der Waals surface area (Å²) >= 11 is 6.78. The number of rotatable bonds is 5. The van der Waals surface area contributed by atoms with Gasteiger partial charge in [-0.05, 0) is 25.0 Å². The molecule has 19 heavy (non-hydrogen) atoms. The van der Waals surface area contributed by atoms with E-state index in [0.29, 0.717) is 16.8 Å². The maximum atomic E-state index is 11.0. The fourth-order valence-electron chi connectivity index (χ4n) is 2.43. The summed E-state index contributed by atoms with van der Waals surface area (Å²) in [6.45, 7) is 0.528. The number of nitro groups is 1. The van der Waals surface area contributed by atoms with E-state index in [2.05, 4.69) is 31.9 Å². The van der Waals surface area contributed by atoms with E-state index < -0.39 is 4.92 Å². The van der Waals surface area contributed by atoms with E-state index in [9.17, 15) is 10.1 Å². The molecule has 0 aromatic heterocycles. The molecular formula is C13H15Br2NO3. The van der Waals surface area contributed by atoms with E-state index in [-0.39, 0.29) is 11.1 Å². The Kier molecular flexibility index (Phi) is 4.84. The van der Waals surface area contributed by atoms with Crippen LogP contribution in [-0.4, -0.2) is 16.9 Å². The first-order chi connectivity index (χ1) is 9.06. The molecule has 0 bridgehead atoms. The Hall–Kier alpha value is -0.620. The van der Waals surface area contributed by atoms with Crippen LogP contribution in [0.5, 0.6) is 5.75 Å². The van der Waals surface area contributed by atoms with E-state index in [1.807, 2.05) is 0 Å². The molecule has 104 valence electrons. The molecule has 6 heteroatoms. The van der Waals surface area contributed by atoms with Crippen LogP contribution in [0.2, 0.25) is 0 Å². The van der Waals surface area contributed by atoms with Gasteiger partial charge < -0.3 is 4.74 Å². The molecule has 0 unspecified atom stereocenters. The predicted octanol–water partition coefficient (Wildman–Crippen LogP) is 4.69. The van der Waals surface area contributed by atoms with Crippen molar-refractivity contribution in [3.8, 4) is 5.75 Å². The Balaban J connectivity index is 2.13. The van der Waals surface area contributed by atoms with Crippen LogP contribution in [0.4, 0.5) is 5.69 Å². The lowest BCUT2D eigenvalue weighted by atomic mass is 9.90. The standard InChI is InChI=1S/C13H15Br2NO3/c14-8-13(5-1-2-6-13)9-19-12-4-3-10(15)7-11(12)16(17)18/h3-4,7H,1-2,5-6,8-9H2. The second-order valence-corrected chi connectivity index (χ2v) is 6.47. The first-order valence-corrected chi connectivity index (χ1v) is 8.10. The average Bonchev–Trinajstić information content (AvgIpc) is 2.86. The number of alkyl halides is 1. The summed E-state index contributed by atoms with van der Waals surface area (Å²) in [4.78, 5) is 10.6. The van der Waals surface area contributed by atoms with Crippen molar-refractivity contribution in [1.82, 2.24) is 0 Å². The molecule has 0 heterocycles. The summed E-state index contributed by atoms with van der Waals surface area (Å²) in [5.41, 5.74) is 0.137. The summed E-state index contributed by atoms with van der Waals surface area (Å²) in [5, 5.41) is 11.9. The van der Waals surface area contributed by atoms with E-state index in [1.165, 1.54) is 18.9 Å². The molecule has 0 atom stereocenters. The van der Waals surface area contributed by atoms with E-state index in [4.69, 9.17) is 4.74 Å². The molecule has 1 fully saturated rings. The van der Waals surface area contributed by atoms with Crippen molar-refractivity contribution in [2.45, 2.75) is 25.7 Å². The zero-order valence-electron chi connectivity index (χ0n) is 10.4. The highest BCUT2D eigenvalue weighted by molar-refractivity contribution is 9.10. The SMILES string of the molecule is O=[N+]([O-])c1cc(Br)ccc1OCC1(CBr)CCCC1. The average molecular weight is 393 g/mol. The van der Waals surface area contributed by atoms with Gasteiger partial charge in [0.1, 0.15) is 0 Å². The van der Waals surface area contributed by atoms with Crippen molar-refractivity contribution in [3.05, 3.63) is 32.8 Å². The lowest BCUT2D eigenvalue weighted by Gasteiger charge is -2.26. The molecule has 1 aliphatic carbocycles. The van der Waals surface area contributed by atoms with Gasteiger partial charge in [-0.25, -0.2) is 0 Å². The van der Waals surface area contributed by atoms with Crippen molar-refractivity contribution < 1.29 is 9.66 Å². The summed E-state index contributed by atoms with van der Waals surface area (Å²) in [5.74, 6) is 0.348. The van der Waals surface area contributed by atoms with E-state index in [1.54, 1.807) is 12.1 Å². The summed E-state index contributed by atoms with van der Waals surface area (Å²) in [6, 6.07) is 4.89. The molecule has 1 aromatic rings. The molecule has 1 aromatic carbocycles. The third kappa shape index (κ3) is 3.48. The van der Waals surface area contributed by atoms with Crippen molar-refractivity contribution in [3.63, 3.8) is 0 Å². The van der Waals surface area contributed by atoms with Gasteiger partial charge in [0.05, 0.1) is 11.5 Å². The molecule has 0 N–H and O–H groups in total. The Morgan fingerprint density at radius 1 is 1.37 bits per heavy atom. The van der Waals surface area contributed by atoms with Crippen molar-refractivity contribution in [1.29, 1.82) is 0 Å². The first kappa shape index (κ1) is 14.8. The molecule has 0 saturated heterocycles. The highest BCUT2D eigenvalue weighted by Crippen LogP contribution is 2.41. The number of ether oxygens (including phenoxy) is 1. The molecule has 0 radical (unpaired) electrons. The van der Waals surface area contributed by atoms with Gasteiger partial charge in [0, 0.05) is 21.3 Å². The Labute approximate surface area is 128 Å². The minimum atomic E-state index is -0.407. The van der Waals surface area contributed by atoms with Crippen molar-refractivity contribution in [2.24, 2.45) is 5.41 Å². The zero-order chi connectivity index (χ0) is 13.9. The highest BCUT2D eigenvalue weighted by Gasteiger charge is 2.34. The van der Waals surface area contributed by atoms with Crippen LogP contribution in [0, 0.1) is 15.5 Å². The van der Waals surface area contributed by atoms with E-state index in [0.717, 1.165) is 18.2 Å². The number of benzene rings is 1. The number of hydrogen-bond donors (Lipinski definition) is 0. The monoisotopic (exact) mass is 391 g/mol. The molecule has 0 aliphatic heterocycles. The van der Waals surface area contributed by atoms with Crippen molar-refractivity contribution >= 4 is 37.5 Å². The smallest absolute Gasteiger partial charge is 0.312 e. The number of nitrogens with zero attached hydrogens (tertiary/aromatic N) is 1. The summed E-state index contributed by atoms with van der Waals surface area (Å²) in [6.07, 6.45) is 4.64. The van der Waals surface area contributed by atoms with Gasteiger partial charge in [-0.1, -0.05) is 44.7 Å². The minimum absolute atomic E-state index is 0.0112. The van der Waals surface area contributed by atoms with Crippen LogP contribution >= 0.6 is 31.9 Å². The van der Waals surface area contributed by atoms with Gasteiger partial charge in [-0.3, -0.25) is 10.1 Å². The molecule has 2 rings (SSSR count). The second-order valence-electron chi connectivity index (χ2n) is 5.00. The first-order valence-electron chi connectivity index (χ1n) is 6.19. The Morgan fingerprint density at radius 2 is 2.05 bits per heavy atom. The Bertz CT molecular complexity index is 473. The summed E-state index contributed by atoms with van der Waals surface area (Å²) in [7, 11) is 0. The fraction of sp³-hybridized carbons (Fsp3) is 0.538. The van der Waals surface area contributed by atoms with Gasteiger partial charge >= 0.3 is 5.69 Å². The minimum Gasteiger partial charge on any atom is -0.486 e.